The lowest BCUT2D eigenvalue weighted by atomic mass is 10.0. The second-order valence-corrected chi connectivity index (χ2v) is 9.96. The molecule has 2 nitrogen and oxygen atoms in total. The Morgan fingerprint density at radius 1 is 0.679 bits per heavy atom. The first-order valence-electron chi connectivity index (χ1n) is 10.8. The van der Waals surface area contributed by atoms with E-state index in [1.165, 1.54) is 36.0 Å². The number of nitrogens with one attached hydrogen (secondary N) is 1. The van der Waals surface area contributed by atoms with Crippen molar-refractivity contribution in [1.82, 2.24) is 10.2 Å². The molecule has 2 rings (SSSR count). The van der Waals surface area contributed by atoms with Gasteiger partial charge in [0.2, 0.25) is 0 Å². The molecule has 0 aliphatic rings. The summed E-state index contributed by atoms with van der Waals surface area (Å²) >= 11 is 0. The number of nitrogens with zero attached hydrogens (tertiary/aromatic N) is 1. The first-order valence-corrected chi connectivity index (χ1v) is 10.8. The van der Waals surface area contributed by atoms with Crippen LogP contribution >= 0.6 is 0 Å². The Labute approximate surface area is 173 Å². The normalized spacial score (nSPS) is 12.5. The lowest BCUT2D eigenvalue weighted by Crippen LogP contribution is -2.40. The van der Waals surface area contributed by atoms with Crippen LogP contribution < -0.4 is 5.32 Å². The molecular weight excluding hydrogens is 340 g/mol. The molecule has 28 heavy (non-hydrogen) atoms. The van der Waals surface area contributed by atoms with Crippen LogP contribution in [0, 0.1) is 0 Å². The molecule has 0 saturated heterocycles. The first kappa shape index (κ1) is 22.6. The van der Waals surface area contributed by atoms with E-state index >= 15 is 0 Å². The second kappa shape index (κ2) is 10.2. The molecular formula is C26H40N2. The van der Waals surface area contributed by atoms with E-state index in [0.29, 0.717) is 0 Å². The van der Waals surface area contributed by atoms with Gasteiger partial charge in [0, 0.05) is 24.2 Å². The van der Waals surface area contributed by atoms with Crippen LogP contribution in [0.5, 0.6) is 0 Å². The monoisotopic (exact) mass is 380 g/mol. The minimum Gasteiger partial charge on any atom is -0.312 e. The van der Waals surface area contributed by atoms with E-state index in [1.54, 1.807) is 0 Å². The van der Waals surface area contributed by atoms with Crippen molar-refractivity contribution in [3.05, 3.63) is 71.3 Å². The Morgan fingerprint density at radius 2 is 1.21 bits per heavy atom. The third kappa shape index (κ3) is 8.58. The lowest BCUT2D eigenvalue weighted by molar-refractivity contribution is 0.118. The number of benzene rings is 2. The van der Waals surface area contributed by atoms with E-state index in [-0.39, 0.29) is 11.1 Å². The van der Waals surface area contributed by atoms with Gasteiger partial charge in [-0.25, -0.2) is 0 Å². The van der Waals surface area contributed by atoms with Gasteiger partial charge in [-0.1, -0.05) is 54.6 Å². The van der Waals surface area contributed by atoms with Crippen molar-refractivity contribution in [2.45, 2.75) is 85.0 Å². The van der Waals surface area contributed by atoms with Crippen LogP contribution in [0.4, 0.5) is 0 Å². The first-order chi connectivity index (χ1) is 13.1. The minimum atomic E-state index is 0.133. The van der Waals surface area contributed by atoms with Gasteiger partial charge in [-0.05, 0) is 84.0 Å². The van der Waals surface area contributed by atoms with Gasteiger partial charge in [0.25, 0.3) is 0 Å². The lowest BCUT2D eigenvalue weighted by Gasteiger charge is -2.36. The van der Waals surface area contributed by atoms with E-state index in [4.69, 9.17) is 0 Å². The maximum Gasteiger partial charge on any atom is 0.0242 e. The van der Waals surface area contributed by atoms with Gasteiger partial charge in [0.05, 0.1) is 0 Å². The molecule has 0 atom stereocenters. The quantitative estimate of drug-likeness (QED) is 0.521. The predicted octanol–water partition coefficient (Wildman–Crippen LogP) is 6.20. The Morgan fingerprint density at radius 3 is 1.75 bits per heavy atom. The average molecular weight is 381 g/mol. The van der Waals surface area contributed by atoms with Gasteiger partial charge in [-0.3, -0.25) is 4.90 Å². The van der Waals surface area contributed by atoms with Crippen molar-refractivity contribution >= 4 is 0 Å². The van der Waals surface area contributed by atoms with Gasteiger partial charge in [0.15, 0.2) is 0 Å². The summed E-state index contributed by atoms with van der Waals surface area (Å²) in [5.74, 6) is 0. The van der Waals surface area contributed by atoms with Crippen molar-refractivity contribution in [2.75, 3.05) is 6.54 Å². The molecule has 0 heterocycles. The zero-order valence-electron chi connectivity index (χ0n) is 18.9. The SMILES string of the molecule is CC(C)(C)NCCCCc1ccc(CN(Cc2ccccc2)C(C)(C)C)cc1. The Balaban J connectivity index is 1.87. The molecule has 0 unspecified atom stereocenters. The van der Waals surface area contributed by atoms with Gasteiger partial charge < -0.3 is 5.32 Å². The average Bonchev–Trinajstić information content (AvgIpc) is 2.61. The maximum atomic E-state index is 3.57. The molecule has 0 aromatic heterocycles. The Hall–Kier alpha value is -1.64. The van der Waals surface area contributed by atoms with Crippen molar-refractivity contribution in [2.24, 2.45) is 0 Å². The molecule has 0 radical (unpaired) electrons. The molecule has 2 aromatic carbocycles. The van der Waals surface area contributed by atoms with Gasteiger partial charge >= 0.3 is 0 Å². The second-order valence-electron chi connectivity index (χ2n) is 9.96. The van der Waals surface area contributed by atoms with Crippen LogP contribution in [0.3, 0.4) is 0 Å². The summed E-state index contributed by atoms with van der Waals surface area (Å²) in [6, 6.07) is 20.0. The highest BCUT2D eigenvalue weighted by atomic mass is 15.2. The third-order valence-corrected chi connectivity index (χ3v) is 5.11. The molecule has 2 heteroatoms. The fourth-order valence-corrected chi connectivity index (χ4v) is 3.28. The van der Waals surface area contributed by atoms with Crippen molar-refractivity contribution in [3.63, 3.8) is 0 Å². The summed E-state index contributed by atoms with van der Waals surface area (Å²) in [7, 11) is 0. The van der Waals surface area contributed by atoms with Gasteiger partial charge in [-0.15, -0.1) is 0 Å². The minimum absolute atomic E-state index is 0.133. The van der Waals surface area contributed by atoms with E-state index in [9.17, 15) is 0 Å². The standard InChI is InChI=1S/C26H40N2/c1-25(2,3)27-19-11-10-12-22-15-17-24(18-16-22)21-28(26(4,5)6)20-23-13-8-7-9-14-23/h7-9,13-18,27H,10-12,19-21H2,1-6H3. The largest absolute Gasteiger partial charge is 0.312 e. The summed E-state index contributed by atoms with van der Waals surface area (Å²) in [5.41, 5.74) is 4.57. The van der Waals surface area contributed by atoms with Gasteiger partial charge in [0.1, 0.15) is 0 Å². The summed E-state index contributed by atoms with van der Waals surface area (Å²) in [6.45, 7) is 16.6. The highest BCUT2D eigenvalue weighted by Crippen LogP contribution is 2.21. The molecule has 0 amide bonds. The van der Waals surface area contributed by atoms with Gasteiger partial charge in [-0.2, -0.15) is 0 Å². The molecule has 2 aromatic rings. The molecule has 154 valence electrons. The molecule has 0 fully saturated rings. The molecule has 0 saturated carbocycles. The van der Waals surface area contributed by atoms with Crippen molar-refractivity contribution in [3.8, 4) is 0 Å². The van der Waals surface area contributed by atoms with E-state index in [0.717, 1.165) is 19.6 Å². The summed E-state index contributed by atoms with van der Waals surface area (Å²) in [6.07, 6.45) is 3.64. The zero-order chi connectivity index (χ0) is 20.6. The number of aryl methyl sites for hydroxylation is 1. The van der Waals surface area contributed by atoms with Crippen molar-refractivity contribution in [1.29, 1.82) is 0 Å². The maximum absolute atomic E-state index is 3.57. The summed E-state index contributed by atoms with van der Waals surface area (Å²) in [5, 5.41) is 3.57. The molecule has 0 spiro atoms. The molecule has 0 aliphatic carbocycles. The predicted molar refractivity (Wildman–Crippen MR) is 123 cm³/mol. The van der Waals surface area contributed by atoms with Crippen LogP contribution in [0.15, 0.2) is 54.6 Å². The van der Waals surface area contributed by atoms with E-state index in [2.05, 4.69) is 106 Å². The van der Waals surface area contributed by atoms with E-state index in [1.807, 2.05) is 0 Å². The fourth-order valence-electron chi connectivity index (χ4n) is 3.28. The summed E-state index contributed by atoms with van der Waals surface area (Å²) < 4.78 is 0. The topological polar surface area (TPSA) is 15.3 Å². The zero-order valence-corrected chi connectivity index (χ0v) is 18.9. The Kier molecular flexibility index (Phi) is 8.27. The number of unbranched alkanes of at least 4 members (excludes halogenated alkanes) is 1. The number of hydrogen-bond acceptors (Lipinski definition) is 2. The van der Waals surface area contributed by atoms with E-state index < -0.39 is 0 Å². The van der Waals surface area contributed by atoms with Crippen LogP contribution in [0.25, 0.3) is 0 Å². The van der Waals surface area contributed by atoms with Crippen LogP contribution in [0.2, 0.25) is 0 Å². The highest BCUT2D eigenvalue weighted by Gasteiger charge is 2.21. The molecule has 0 aliphatic heterocycles. The smallest absolute Gasteiger partial charge is 0.0242 e. The van der Waals surface area contributed by atoms with Crippen LogP contribution in [0.1, 0.15) is 71.1 Å². The van der Waals surface area contributed by atoms with Crippen molar-refractivity contribution < 1.29 is 0 Å². The fraction of sp³-hybridized carbons (Fsp3) is 0.538. The summed E-state index contributed by atoms with van der Waals surface area (Å²) in [4.78, 5) is 2.55. The number of rotatable bonds is 9. The Bertz CT molecular complexity index is 675. The van der Waals surface area contributed by atoms with Crippen LogP contribution in [-0.2, 0) is 19.5 Å². The molecule has 0 bridgehead atoms. The molecule has 1 N–H and O–H groups in total. The third-order valence-electron chi connectivity index (χ3n) is 5.11. The number of hydrogen-bond donors (Lipinski definition) is 1. The van der Waals surface area contributed by atoms with Crippen LogP contribution in [-0.4, -0.2) is 22.5 Å². The highest BCUT2D eigenvalue weighted by molar-refractivity contribution is 5.23.